The summed E-state index contributed by atoms with van der Waals surface area (Å²) in [5.41, 5.74) is 3.61. The lowest BCUT2D eigenvalue weighted by atomic mass is 10.0. The van der Waals surface area contributed by atoms with Crippen LogP contribution in [0.2, 0.25) is 0 Å². The van der Waals surface area contributed by atoms with E-state index in [1.807, 2.05) is 54.2 Å². The lowest BCUT2D eigenvalue weighted by Crippen LogP contribution is -2.07. The van der Waals surface area contributed by atoms with E-state index in [9.17, 15) is 4.79 Å². The number of nitrogens with zero attached hydrogens (tertiary/aromatic N) is 7. The number of H-pyrrole nitrogens is 1. The van der Waals surface area contributed by atoms with E-state index >= 15 is 0 Å². The molecule has 0 aliphatic carbocycles. The van der Waals surface area contributed by atoms with E-state index in [1.165, 1.54) is 0 Å². The maximum atomic E-state index is 12.1. The first-order chi connectivity index (χ1) is 15.2. The molecule has 0 unspecified atom stereocenters. The number of carbonyl (C=O) groups excluding carboxylic acids is 1. The number of ketones is 1. The van der Waals surface area contributed by atoms with Crippen LogP contribution in [0.1, 0.15) is 55.1 Å². The molecule has 3 aromatic heterocycles. The topological polar surface area (TPSA) is 115 Å². The summed E-state index contributed by atoms with van der Waals surface area (Å²) in [5, 5.41) is 18.7. The molecule has 0 aliphatic heterocycles. The Morgan fingerprint density at radius 1 is 1.10 bits per heavy atom. The van der Waals surface area contributed by atoms with E-state index in [-0.39, 0.29) is 5.78 Å². The Kier molecular flexibility index (Phi) is 6.21. The Balaban J connectivity index is 1.59. The number of unbranched alkanes of at least 4 members (excludes halogenated alkanes) is 1. The van der Waals surface area contributed by atoms with Crippen LogP contribution in [0.15, 0.2) is 42.6 Å². The van der Waals surface area contributed by atoms with Crippen LogP contribution >= 0.6 is 0 Å². The number of pyridine rings is 1. The largest absolute Gasteiger partial charge is 0.291 e. The number of hydrogen-bond acceptors (Lipinski definition) is 7. The van der Waals surface area contributed by atoms with Gasteiger partial charge in [-0.1, -0.05) is 50.6 Å². The highest BCUT2D eigenvalue weighted by Gasteiger charge is 2.16. The molecule has 0 saturated carbocycles. The van der Waals surface area contributed by atoms with Gasteiger partial charge >= 0.3 is 0 Å². The van der Waals surface area contributed by atoms with E-state index < -0.39 is 0 Å². The van der Waals surface area contributed by atoms with Crippen LogP contribution in [0.25, 0.3) is 22.6 Å². The van der Waals surface area contributed by atoms with Crippen molar-refractivity contribution in [2.24, 2.45) is 0 Å². The van der Waals surface area contributed by atoms with Crippen LogP contribution in [0, 0.1) is 0 Å². The van der Waals surface area contributed by atoms with Crippen LogP contribution in [0.4, 0.5) is 0 Å². The number of Topliss-reactive ketones (excluding diaryl/α,β-unsaturated/α-hetero) is 1. The summed E-state index contributed by atoms with van der Waals surface area (Å²) in [6.07, 6.45) is 4.83. The number of aryl methyl sites for hydroxylation is 1. The zero-order valence-electron chi connectivity index (χ0n) is 17.6. The third kappa shape index (κ3) is 4.55. The molecule has 31 heavy (non-hydrogen) atoms. The SMILES string of the molecule is CCCCn1nc(C(=O)CC)nc1Cc1ccc(-c2ccccc2-c2nn[nH]n2)nc1. The lowest BCUT2D eigenvalue weighted by Gasteiger charge is -2.08. The third-order valence-electron chi connectivity index (χ3n) is 5.02. The van der Waals surface area contributed by atoms with Gasteiger partial charge in [0.05, 0.1) is 5.69 Å². The summed E-state index contributed by atoms with van der Waals surface area (Å²) in [5.74, 6) is 1.57. The van der Waals surface area contributed by atoms with Crippen LogP contribution in [0.3, 0.4) is 0 Å². The van der Waals surface area contributed by atoms with Crippen molar-refractivity contribution in [3.05, 3.63) is 59.8 Å². The average Bonchev–Trinajstić information content (AvgIpc) is 3.48. The molecule has 1 N–H and O–H groups in total. The summed E-state index contributed by atoms with van der Waals surface area (Å²) in [7, 11) is 0. The minimum Gasteiger partial charge on any atom is -0.291 e. The molecule has 0 amide bonds. The Bertz CT molecular complexity index is 1150. The summed E-state index contributed by atoms with van der Waals surface area (Å²) >= 11 is 0. The number of aromatic nitrogens is 8. The molecule has 0 radical (unpaired) electrons. The van der Waals surface area contributed by atoms with Gasteiger partial charge in [-0.2, -0.15) is 5.21 Å². The minimum absolute atomic E-state index is 0.0388. The predicted octanol–water partition coefficient (Wildman–Crippen LogP) is 3.50. The second-order valence-electron chi connectivity index (χ2n) is 7.21. The fourth-order valence-electron chi connectivity index (χ4n) is 3.32. The molecule has 0 aliphatic rings. The highest BCUT2D eigenvalue weighted by Crippen LogP contribution is 2.28. The fourth-order valence-corrected chi connectivity index (χ4v) is 3.32. The van der Waals surface area contributed by atoms with Gasteiger partial charge in [0.2, 0.25) is 17.4 Å². The molecule has 3 heterocycles. The standard InChI is InChI=1S/C22H24N8O/c1-3-5-12-30-20(24-22(27-30)19(31)4-2)13-15-10-11-18(23-14-15)16-8-6-7-9-17(16)21-25-28-29-26-21/h6-11,14H,3-5,12-13H2,1-2H3,(H,25,26,28,29). The maximum absolute atomic E-state index is 12.1. The Hall–Kier alpha value is -3.75. The highest BCUT2D eigenvalue weighted by atomic mass is 16.1. The van der Waals surface area contributed by atoms with Crippen molar-refractivity contribution >= 4 is 5.78 Å². The van der Waals surface area contributed by atoms with Crippen LogP contribution < -0.4 is 0 Å². The summed E-state index contributed by atoms with van der Waals surface area (Å²) in [6, 6.07) is 11.8. The molecule has 4 aromatic rings. The number of benzene rings is 1. The highest BCUT2D eigenvalue weighted by molar-refractivity contribution is 5.92. The van der Waals surface area contributed by atoms with Gasteiger partial charge in [0.1, 0.15) is 5.82 Å². The van der Waals surface area contributed by atoms with Crippen molar-refractivity contribution < 1.29 is 4.79 Å². The van der Waals surface area contributed by atoms with E-state index in [1.54, 1.807) is 0 Å². The van der Waals surface area contributed by atoms with Crippen molar-refractivity contribution in [2.75, 3.05) is 0 Å². The molecular weight excluding hydrogens is 392 g/mol. The molecule has 0 spiro atoms. The first-order valence-electron chi connectivity index (χ1n) is 10.4. The molecule has 0 saturated heterocycles. The Labute approximate surface area is 180 Å². The number of aromatic amines is 1. The molecule has 9 heteroatoms. The van der Waals surface area contributed by atoms with E-state index in [0.717, 1.165) is 47.6 Å². The quantitative estimate of drug-likeness (QED) is 0.415. The van der Waals surface area contributed by atoms with Gasteiger partial charge in [0.15, 0.2) is 0 Å². The van der Waals surface area contributed by atoms with Gasteiger partial charge in [-0.3, -0.25) is 9.78 Å². The van der Waals surface area contributed by atoms with Crippen LogP contribution in [-0.2, 0) is 13.0 Å². The summed E-state index contributed by atoms with van der Waals surface area (Å²) < 4.78 is 1.85. The van der Waals surface area contributed by atoms with Gasteiger partial charge < -0.3 is 0 Å². The monoisotopic (exact) mass is 416 g/mol. The molecule has 1 aromatic carbocycles. The zero-order chi connectivity index (χ0) is 21.6. The van der Waals surface area contributed by atoms with E-state index in [2.05, 4.69) is 42.6 Å². The normalized spacial score (nSPS) is 11.0. The second kappa shape index (κ2) is 9.38. The smallest absolute Gasteiger partial charge is 0.217 e. The van der Waals surface area contributed by atoms with E-state index in [0.29, 0.717) is 24.5 Å². The van der Waals surface area contributed by atoms with Crippen LogP contribution in [0.5, 0.6) is 0 Å². The zero-order valence-corrected chi connectivity index (χ0v) is 17.6. The Morgan fingerprint density at radius 2 is 1.94 bits per heavy atom. The fraction of sp³-hybridized carbons (Fsp3) is 0.318. The number of hydrogen-bond donors (Lipinski definition) is 1. The first kappa shape index (κ1) is 20.5. The van der Waals surface area contributed by atoms with Crippen molar-refractivity contribution in [1.29, 1.82) is 0 Å². The molecule has 158 valence electrons. The molecule has 9 nitrogen and oxygen atoms in total. The van der Waals surface area contributed by atoms with Crippen LogP contribution in [-0.4, -0.2) is 46.2 Å². The third-order valence-corrected chi connectivity index (χ3v) is 5.02. The maximum Gasteiger partial charge on any atom is 0.217 e. The van der Waals surface area contributed by atoms with Crippen molar-refractivity contribution in [3.8, 4) is 22.6 Å². The second-order valence-corrected chi connectivity index (χ2v) is 7.21. The van der Waals surface area contributed by atoms with Gasteiger partial charge in [-0.25, -0.2) is 9.67 Å². The molecule has 0 atom stereocenters. The number of tetrazole rings is 1. The molecular formula is C22H24N8O. The van der Waals surface area contributed by atoms with E-state index in [4.69, 9.17) is 0 Å². The number of rotatable bonds is 9. The van der Waals surface area contributed by atoms with Crippen molar-refractivity contribution in [3.63, 3.8) is 0 Å². The van der Waals surface area contributed by atoms with Crippen molar-refractivity contribution in [2.45, 2.75) is 46.1 Å². The van der Waals surface area contributed by atoms with Gasteiger partial charge in [0, 0.05) is 36.7 Å². The van der Waals surface area contributed by atoms with Gasteiger partial charge in [-0.15, -0.1) is 15.3 Å². The molecule has 0 bridgehead atoms. The minimum atomic E-state index is -0.0388. The lowest BCUT2D eigenvalue weighted by molar-refractivity contribution is 0.0978. The average molecular weight is 416 g/mol. The van der Waals surface area contributed by atoms with Gasteiger partial charge in [-0.05, 0) is 23.3 Å². The summed E-state index contributed by atoms with van der Waals surface area (Å²) in [6.45, 7) is 4.70. The molecule has 0 fully saturated rings. The van der Waals surface area contributed by atoms with Gasteiger partial charge in [0.25, 0.3) is 0 Å². The molecule has 4 rings (SSSR count). The number of carbonyl (C=O) groups is 1. The predicted molar refractivity (Wildman–Crippen MR) is 115 cm³/mol. The summed E-state index contributed by atoms with van der Waals surface area (Å²) in [4.78, 5) is 21.2. The number of nitrogens with one attached hydrogen (secondary N) is 1. The first-order valence-corrected chi connectivity index (χ1v) is 10.4. The Morgan fingerprint density at radius 3 is 2.61 bits per heavy atom. The van der Waals surface area contributed by atoms with Crippen molar-refractivity contribution in [1.82, 2.24) is 40.4 Å².